The predicted molar refractivity (Wildman–Crippen MR) is 51.7 cm³/mol. The summed E-state index contributed by atoms with van der Waals surface area (Å²) in [5.41, 5.74) is 0.704. The molecule has 72 valence electrons. The van der Waals surface area contributed by atoms with E-state index in [4.69, 9.17) is 16.3 Å². The molecule has 0 unspecified atom stereocenters. The van der Waals surface area contributed by atoms with Crippen molar-refractivity contribution in [1.82, 2.24) is 0 Å². The van der Waals surface area contributed by atoms with E-state index in [2.05, 4.69) is 0 Å². The number of hydrogen-bond donors (Lipinski definition) is 0. The standard InChI is InChI=1S/C10H12ClFO/c1-2-6-13-10-8(7-11)4-3-5-9(10)12/h3-5H,2,6-7H2,1H3. The van der Waals surface area contributed by atoms with Crippen LogP contribution in [0.5, 0.6) is 5.75 Å². The van der Waals surface area contributed by atoms with Crippen molar-refractivity contribution >= 4 is 11.6 Å². The van der Waals surface area contributed by atoms with Crippen LogP contribution in [0.1, 0.15) is 18.9 Å². The van der Waals surface area contributed by atoms with Gasteiger partial charge in [0.15, 0.2) is 11.6 Å². The van der Waals surface area contributed by atoms with E-state index in [1.165, 1.54) is 6.07 Å². The molecule has 1 rings (SSSR count). The number of para-hydroxylation sites is 1. The Morgan fingerprint density at radius 1 is 1.46 bits per heavy atom. The van der Waals surface area contributed by atoms with Gasteiger partial charge in [-0.25, -0.2) is 4.39 Å². The molecule has 1 aromatic rings. The topological polar surface area (TPSA) is 9.23 Å². The van der Waals surface area contributed by atoms with Crippen molar-refractivity contribution in [2.24, 2.45) is 0 Å². The molecule has 0 atom stereocenters. The largest absolute Gasteiger partial charge is 0.490 e. The SMILES string of the molecule is CCCOc1c(F)cccc1CCl. The Hall–Kier alpha value is -0.760. The van der Waals surface area contributed by atoms with Gasteiger partial charge in [-0.05, 0) is 12.5 Å². The maximum atomic E-state index is 13.2. The van der Waals surface area contributed by atoms with E-state index < -0.39 is 0 Å². The van der Waals surface area contributed by atoms with E-state index in [0.717, 1.165) is 6.42 Å². The van der Waals surface area contributed by atoms with Crippen LogP contribution in [0.2, 0.25) is 0 Å². The highest BCUT2D eigenvalue weighted by Gasteiger charge is 2.07. The third-order valence-electron chi connectivity index (χ3n) is 1.64. The van der Waals surface area contributed by atoms with E-state index in [0.29, 0.717) is 17.9 Å². The van der Waals surface area contributed by atoms with Crippen LogP contribution in [0.15, 0.2) is 18.2 Å². The monoisotopic (exact) mass is 202 g/mol. The van der Waals surface area contributed by atoms with Crippen LogP contribution in [0.4, 0.5) is 4.39 Å². The summed E-state index contributed by atoms with van der Waals surface area (Å²) >= 11 is 5.64. The lowest BCUT2D eigenvalue weighted by Gasteiger charge is -2.09. The van der Waals surface area contributed by atoms with Gasteiger partial charge in [-0.1, -0.05) is 19.1 Å². The normalized spacial score (nSPS) is 10.1. The molecule has 0 amide bonds. The van der Waals surface area contributed by atoms with Gasteiger partial charge in [0.2, 0.25) is 0 Å². The van der Waals surface area contributed by atoms with Crippen molar-refractivity contribution in [3.05, 3.63) is 29.6 Å². The van der Waals surface area contributed by atoms with Crippen molar-refractivity contribution in [3.63, 3.8) is 0 Å². The van der Waals surface area contributed by atoms with Crippen LogP contribution in [0, 0.1) is 5.82 Å². The minimum atomic E-state index is -0.341. The highest BCUT2D eigenvalue weighted by atomic mass is 35.5. The molecule has 0 bridgehead atoms. The molecule has 0 N–H and O–H groups in total. The second-order valence-electron chi connectivity index (χ2n) is 2.71. The summed E-state index contributed by atoms with van der Waals surface area (Å²) in [6.45, 7) is 2.49. The second kappa shape index (κ2) is 5.07. The Balaban J connectivity index is 2.87. The predicted octanol–water partition coefficient (Wildman–Crippen LogP) is 3.35. The molecule has 0 aliphatic heterocycles. The van der Waals surface area contributed by atoms with Gasteiger partial charge in [0.05, 0.1) is 12.5 Å². The number of rotatable bonds is 4. The molecule has 1 nitrogen and oxygen atoms in total. The molecular formula is C10H12ClFO. The molecule has 0 radical (unpaired) electrons. The molecule has 13 heavy (non-hydrogen) atoms. The third kappa shape index (κ3) is 2.59. The van der Waals surface area contributed by atoms with E-state index in [9.17, 15) is 4.39 Å². The van der Waals surface area contributed by atoms with E-state index in [-0.39, 0.29) is 11.7 Å². The highest BCUT2D eigenvalue weighted by molar-refractivity contribution is 6.17. The molecule has 0 heterocycles. The Morgan fingerprint density at radius 2 is 2.23 bits per heavy atom. The Morgan fingerprint density at radius 3 is 2.85 bits per heavy atom. The zero-order valence-corrected chi connectivity index (χ0v) is 8.27. The summed E-state index contributed by atoms with van der Waals surface area (Å²) in [7, 11) is 0. The third-order valence-corrected chi connectivity index (χ3v) is 1.93. The maximum Gasteiger partial charge on any atom is 0.165 e. The van der Waals surface area contributed by atoms with Gasteiger partial charge >= 0.3 is 0 Å². The first kappa shape index (κ1) is 10.3. The average Bonchev–Trinajstić information content (AvgIpc) is 2.15. The van der Waals surface area contributed by atoms with E-state index >= 15 is 0 Å². The van der Waals surface area contributed by atoms with Crippen LogP contribution < -0.4 is 4.74 Å². The number of halogens is 2. The van der Waals surface area contributed by atoms with Crippen LogP contribution in [-0.2, 0) is 5.88 Å². The van der Waals surface area contributed by atoms with Gasteiger partial charge in [0.25, 0.3) is 0 Å². The Labute approximate surface area is 82.5 Å². The molecule has 0 spiro atoms. The number of alkyl halides is 1. The fourth-order valence-electron chi connectivity index (χ4n) is 1.02. The molecular weight excluding hydrogens is 191 g/mol. The van der Waals surface area contributed by atoms with Crippen molar-refractivity contribution in [3.8, 4) is 5.75 Å². The second-order valence-corrected chi connectivity index (χ2v) is 2.98. The van der Waals surface area contributed by atoms with Crippen molar-refractivity contribution < 1.29 is 9.13 Å². The summed E-state index contributed by atoms with van der Waals surface area (Å²) in [5, 5.41) is 0. The van der Waals surface area contributed by atoms with Crippen LogP contribution in [0.25, 0.3) is 0 Å². The molecule has 0 aromatic heterocycles. The average molecular weight is 203 g/mol. The zero-order valence-electron chi connectivity index (χ0n) is 7.52. The number of ether oxygens (including phenoxy) is 1. The first-order valence-corrected chi connectivity index (χ1v) is 4.79. The lowest BCUT2D eigenvalue weighted by Crippen LogP contribution is -2.00. The fourth-order valence-corrected chi connectivity index (χ4v) is 1.23. The highest BCUT2D eigenvalue weighted by Crippen LogP contribution is 2.24. The van der Waals surface area contributed by atoms with Gasteiger partial charge in [-0.15, -0.1) is 11.6 Å². The van der Waals surface area contributed by atoms with Gasteiger partial charge in [0.1, 0.15) is 0 Å². The van der Waals surface area contributed by atoms with Gasteiger partial charge in [-0.2, -0.15) is 0 Å². The Bertz CT molecular complexity index is 276. The summed E-state index contributed by atoms with van der Waals surface area (Å²) in [4.78, 5) is 0. The molecule has 0 aliphatic carbocycles. The summed E-state index contributed by atoms with van der Waals surface area (Å²) in [5.74, 6) is 0.225. The van der Waals surface area contributed by atoms with E-state index in [1.54, 1.807) is 12.1 Å². The first-order chi connectivity index (χ1) is 6.29. The van der Waals surface area contributed by atoms with Crippen molar-refractivity contribution in [2.45, 2.75) is 19.2 Å². The molecule has 1 aromatic carbocycles. The minimum absolute atomic E-state index is 0.275. The molecule has 0 fully saturated rings. The molecule has 0 saturated carbocycles. The minimum Gasteiger partial charge on any atom is -0.490 e. The van der Waals surface area contributed by atoms with E-state index in [1.807, 2.05) is 6.92 Å². The Kier molecular flexibility index (Phi) is 4.03. The lowest BCUT2D eigenvalue weighted by atomic mass is 10.2. The fraction of sp³-hybridized carbons (Fsp3) is 0.400. The maximum absolute atomic E-state index is 13.2. The first-order valence-electron chi connectivity index (χ1n) is 4.25. The summed E-state index contributed by atoms with van der Waals surface area (Å²) in [6, 6.07) is 4.77. The van der Waals surface area contributed by atoms with Crippen LogP contribution >= 0.6 is 11.6 Å². The smallest absolute Gasteiger partial charge is 0.165 e. The number of hydrogen-bond acceptors (Lipinski definition) is 1. The van der Waals surface area contributed by atoms with Crippen molar-refractivity contribution in [1.29, 1.82) is 0 Å². The van der Waals surface area contributed by atoms with Crippen LogP contribution in [-0.4, -0.2) is 6.61 Å². The summed E-state index contributed by atoms with van der Waals surface area (Å²) in [6.07, 6.45) is 0.857. The lowest BCUT2D eigenvalue weighted by molar-refractivity contribution is 0.299. The molecule has 3 heteroatoms. The zero-order chi connectivity index (χ0) is 9.68. The quantitative estimate of drug-likeness (QED) is 0.681. The van der Waals surface area contributed by atoms with Crippen molar-refractivity contribution in [2.75, 3.05) is 6.61 Å². The van der Waals surface area contributed by atoms with Crippen LogP contribution in [0.3, 0.4) is 0 Å². The van der Waals surface area contributed by atoms with Gasteiger partial charge in [0, 0.05) is 5.56 Å². The molecule has 0 saturated heterocycles. The number of benzene rings is 1. The van der Waals surface area contributed by atoms with Gasteiger partial charge in [-0.3, -0.25) is 0 Å². The molecule has 0 aliphatic rings. The van der Waals surface area contributed by atoms with Gasteiger partial charge < -0.3 is 4.74 Å². The summed E-state index contributed by atoms with van der Waals surface area (Å²) < 4.78 is 18.4.